The minimum absolute atomic E-state index is 0.0316. The van der Waals surface area contributed by atoms with Crippen LogP contribution in [0.2, 0.25) is 5.02 Å². The van der Waals surface area contributed by atoms with Crippen LogP contribution in [-0.4, -0.2) is 126 Å². The molecule has 0 bridgehead atoms. The maximum atomic E-state index is 10.9. The van der Waals surface area contributed by atoms with Crippen molar-refractivity contribution in [2.75, 3.05) is 81.0 Å². The van der Waals surface area contributed by atoms with Crippen molar-refractivity contribution >= 4 is 41.4 Å². The van der Waals surface area contributed by atoms with E-state index in [0.717, 1.165) is 52.6 Å². The molecule has 17 heteroatoms. The van der Waals surface area contributed by atoms with Crippen LogP contribution in [0.25, 0.3) is 0 Å². The first-order chi connectivity index (χ1) is 21.8. The SMILES string of the molecule is COCC[NH2+]CCOC.COCC[NH2+]CCOC.O=C([O-])c1ccc(C(=O)O)c(C(=O)O)c1C(=O)O.O=C([O-])c1ccccc1Cl. The summed E-state index contributed by atoms with van der Waals surface area (Å²) in [7, 11) is 6.85. The Morgan fingerprint density at radius 2 is 0.935 bits per heavy atom. The molecule has 258 valence electrons. The minimum atomic E-state index is -1.91. The molecule has 0 radical (unpaired) electrons. The monoisotopic (exact) mass is 676 g/mol. The molecule has 0 saturated heterocycles. The Balaban J connectivity index is 0. The number of hydrogen-bond acceptors (Lipinski definition) is 11. The summed E-state index contributed by atoms with van der Waals surface area (Å²) >= 11 is 5.50. The van der Waals surface area contributed by atoms with E-state index in [1.54, 1.807) is 40.6 Å². The molecule has 0 fully saturated rings. The van der Waals surface area contributed by atoms with Gasteiger partial charge in [-0.25, -0.2) is 14.4 Å². The predicted molar refractivity (Wildman–Crippen MR) is 158 cm³/mol. The molecule has 0 spiro atoms. The van der Waals surface area contributed by atoms with Gasteiger partial charge in [0.2, 0.25) is 0 Å². The van der Waals surface area contributed by atoms with Crippen LogP contribution in [0.3, 0.4) is 0 Å². The van der Waals surface area contributed by atoms with Gasteiger partial charge in [-0.2, -0.15) is 0 Å². The van der Waals surface area contributed by atoms with E-state index in [9.17, 15) is 34.2 Å². The number of carboxylic acid groups (broad SMARTS) is 5. The van der Waals surface area contributed by atoms with Gasteiger partial charge in [-0.3, -0.25) is 0 Å². The lowest BCUT2D eigenvalue weighted by Gasteiger charge is -2.11. The molecule has 0 atom stereocenters. The summed E-state index contributed by atoms with van der Waals surface area (Å²) in [5.41, 5.74) is -3.90. The van der Waals surface area contributed by atoms with Crippen LogP contribution in [-0.2, 0) is 18.9 Å². The number of carbonyl (C=O) groups excluding carboxylic acids is 2. The van der Waals surface area contributed by atoms with Crippen molar-refractivity contribution in [3.8, 4) is 0 Å². The Kier molecular flexibility index (Phi) is 26.0. The molecule has 0 heterocycles. The lowest BCUT2D eigenvalue weighted by molar-refractivity contribution is -0.657. The molecule has 16 nitrogen and oxygen atoms in total. The molecule has 0 aromatic heterocycles. The summed E-state index contributed by atoms with van der Waals surface area (Å²) in [6.45, 7) is 7.40. The lowest BCUT2D eigenvalue weighted by atomic mass is 9.95. The number of carboxylic acids is 5. The third-order valence-corrected chi connectivity index (χ3v) is 5.61. The summed E-state index contributed by atoms with van der Waals surface area (Å²) in [4.78, 5) is 53.4. The second-order valence-electron chi connectivity index (χ2n) is 8.58. The first-order valence-corrected chi connectivity index (χ1v) is 13.8. The summed E-state index contributed by atoms with van der Waals surface area (Å²) in [5.74, 6) is -8.56. The zero-order valence-corrected chi connectivity index (χ0v) is 26.7. The fraction of sp³-hybridized carbons (Fsp3) is 0.414. The largest absolute Gasteiger partial charge is 0.545 e. The molecule has 2 aromatic carbocycles. The Labute approximate surface area is 270 Å². The molecular weight excluding hydrogens is 636 g/mol. The Bertz CT molecular complexity index is 1150. The van der Waals surface area contributed by atoms with Gasteiger partial charge >= 0.3 is 17.9 Å². The van der Waals surface area contributed by atoms with E-state index in [1.807, 2.05) is 0 Å². The van der Waals surface area contributed by atoms with Crippen LogP contribution >= 0.6 is 11.6 Å². The average molecular weight is 677 g/mol. The third-order valence-electron chi connectivity index (χ3n) is 5.28. The van der Waals surface area contributed by atoms with E-state index >= 15 is 0 Å². The number of carbonyl (C=O) groups is 5. The van der Waals surface area contributed by atoms with Crippen molar-refractivity contribution in [1.82, 2.24) is 0 Å². The van der Waals surface area contributed by atoms with Crippen LogP contribution in [0.5, 0.6) is 0 Å². The molecule has 2 aromatic rings. The van der Waals surface area contributed by atoms with Crippen molar-refractivity contribution < 1.29 is 79.1 Å². The maximum Gasteiger partial charge on any atom is 0.337 e. The van der Waals surface area contributed by atoms with Gasteiger partial charge in [0, 0.05) is 44.6 Å². The lowest BCUT2D eigenvalue weighted by Crippen LogP contribution is -2.86. The first-order valence-electron chi connectivity index (χ1n) is 13.4. The Hall–Kier alpha value is -4.16. The van der Waals surface area contributed by atoms with Gasteiger partial charge in [-0.15, -0.1) is 0 Å². The van der Waals surface area contributed by atoms with Gasteiger partial charge in [0.15, 0.2) is 0 Å². The van der Waals surface area contributed by atoms with Crippen LogP contribution in [0.4, 0.5) is 0 Å². The van der Waals surface area contributed by atoms with Gasteiger partial charge in [0.05, 0.1) is 81.2 Å². The fourth-order valence-electron chi connectivity index (χ4n) is 3.12. The second-order valence-corrected chi connectivity index (χ2v) is 8.99. The standard InChI is InChI=1S/C10H6O8.C7H5ClO2.2C6H15NO2/c11-7(12)3-1-2-4(8(13)14)6(10(17)18)5(3)9(15)16;8-6-4-2-1-3-5(6)7(9)10;2*1-8-5-3-7-4-6-9-2/h1-2H,(H,11,12)(H,13,14)(H,15,16)(H,17,18);1-4H,(H,9,10);2*7H,3-6H2,1-2H3. The molecular formula is C29H41ClN2O14. The number of ether oxygens (including phenoxy) is 4. The third kappa shape index (κ3) is 19.3. The number of hydrogen-bond donors (Lipinski definition) is 5. The number of benzene rings is 2. The summed E-state index contributed by atoms with van der Waals surface area (Å²) in [6, 6.07) is 7.54. The van der Waals surface area contributed by atoms with E-state index in [0.29, 0.717) is 12.1 Å². The molecule has 7 N–H and O–H groups in total. The summed E-state index contributed by atoms with van der Waals surface area (Å²) in [6.07, 6.45) is 0. The van der Waals surface area contributed by atoms with Gasteiger partial charge in [0.1, 0.15) is 0 Å². The van der Waals surface area contributed by atoms with Gasteiger partial charge in [-0.1, -0.05) is 35.9 Å². The molecule has 0 aliphatic rings. The zero-order valence-electron chi connectivity index (χ0n) is 26.0. The number of methoxy groups -OCH3 is 4. The molecule has 0 unspecified atom stereocenters. The van der Waals surface area contributed by atoms with Crippen LogP contribution < -0.4 is 20.8 Å². The normalized spacial score (nSPS) is 9.76. The highest BCUT2D eigenvalue weighted by Crippen LogP contribution is 2.20. The second kappa shape index (κ2) is 27.2. The van der Waals surface area contributed by atoms with Crippen LogP contribution in [0.1, 0.15) is 51.8 Å². The van der Waals surface area contributed by atoms with Crippen molar-refractivity contribution in [2.45, 2.75) is 0 Å². The fourth-order valence-corrected chi connectivity index (χ4v) is 3.33. The first kappa shape index (κ1) is 44.0. The van der Waals surface area contributed by atoms with Gasteiger partial charge in [0.25, 0.3) is 0 Å². The molecule has 0 aliphatic heterocycles. The number of rotatable bonds is 17. The minimum Gasteiger partial charge on any atom is -0.545 e. The molecule has 2 rings (SSSR count). The van der Waals surface area contributed by atoms with Gasteiger partial charge < -0.3 is 64.7 Å². The molecule has 46 heavy (non-hydrogen) atoms. The van der Waals surface area contributed by atoms with E-state index in [-0.39, 0.29) is 10.6 Å². The van der Waals surface area contributed by atoms with Crippen molar-refractivity contribution in [3.63, 3.8) is 0 Å². The highest BCUT2D eigenvalue weighted by Gasteiger charge is 2.27. The van der Waals surface area contributed by atoms with Crippen molar-refractivity contribution in [2.24, 2.45) is 0 Å². The number of aromatic carboxylic acids is 5. The smallest absolute Gasteiger partial charge is 0.337 e. The average Bonchev–Trinajstić information content (AvgIpc) is 3.01. The van der Waals surface area contributed by atoms with Gasteiger partial charge in [-0.05, 0) is 12.1 Å². The Morgan fingerprint density at radius 1 is 0.587 bits per heavy atom. The van der Waals surface area contributed by atoms with E-state index < -0.39 is 52.1 Å². The van der Waals surface area contributed by atoms with Crippen LogP contribution in [0, 0.1) is 0 Å². The number of halogens is 1. The summed E-state index contributed by atoms with van der Waals surface area (Å²) < 4.78 is 19.4. The quantitative estimate of drug-likeness (QED) is 0.109. The maximum absolute atomic E-state index is 10.9. The highest BCUT2D eigenvalue weighted by molar-refractivity contribution is 6.33. The molecule has 0 amide bonds. The molecule has 0 aliphatic carbocycles. The highest BCUT2D eigenvalue weighted by atomic mass is 35.5. The number of quaternary nitrogens is 2. The van der Waals surface area contributed by atoms with E-state index in [4.69, 9.17) is 45.9 Å². The topological polar surface area (TPSA) is 262 Å². The zero-order chi connectivity index (χ0) is 35.5. The number of nitrogens with two attached hydrogens (primary N) is 2. The predicted octanol–water partition coefficient (Wildman–Crippen LogP) is -2.47. The summed E-state index contributed by atoms with van der Waals surface area (Å²) in [5, 5.41) is 51.8. The van der Waals surface area contributed by atoms with E-state index in [1.165, 1.54) is 12.1 Å². The van der Waals surface area contributed by atoms with E-state index in [2.05, 4.69) is 10.6 Å². The van der Waals surface area contributed by atoms with Crippen molar-refractivity contribution in [1.29, 1.82) is 0 Å². The van der Waals surface area contributed by atoms with Crippen molar-refractivity contribution in [3.05, 3.63) is 69.2 Å². The molecule has 0 saturated carbocycles. The van der Waals surface area contributed by atoms with Crippen LogP contribution in [0.15, 0.2) is 36.4 Å². The Morgan fingerprint density at radius 3 is 1.22 bits per heavy atom.